The Morgan fingerprint density at radius 2 is 2.14 bits per heavy atom. The molecule has 14 heavy (non-hydrogen) atoms. The molecule has 0 fully saturated rings. The molecular weight excluding hydrogens is 198 g/mol. The molecule has 2 nitrogen and oxygen atoms in total. The third-order valence-electron chi connectivity index (χ3n) is 1.91. The van der Waals surface area contributed by atoms with Gasteiger partial charge in [-0.15, -0.1) is 11.6 Å². The van der Waals surface area contributed by atoms with Crippen LogP contribution in [0.15, 0.2) is 36.5 Å². The van der Waals surface area contributed by atoms with Crippen LogP contribution in [-0.4, -0.2) is 17.5 Å². The number of pyridine rings is 1. The van der Waals surface area contributed by atoms with Gasteiger partial charge in [0.25, 0.3) is 0 Å². The number of benzene rings is 1. The van der Waals surface area contributed by atoms with E-state index in [2.05, 4.69) is 4.98 Å². The first-order chi connectivity index (χ1) is 6.90. The van der Waals surface area contributed by atoms with Gasteiger partial charge in [-0.3, -0.25) is 4.98 Å². The van der Waals surface area contributed by atoms with Gasteiger partial charge in [0.05, 0.1) is 17.6 Å². The van der Waals surface area contributed by atoms with Crippen molar-refractivity contribution in [3.63, 3.8) is 0 Å². The van der Waals surface area contributed by atoms with Crippen LogP contribution in [0.1, 0.15) is 0 Å². The van der Waals surface area contributed by atoms with Gasteiger partial charge in [-0.2, -0.15) is 0 Å². The summed E-state index contributed by atoms with van der Waals surface area (Å²) in [6.07, 6.45) is 1.72. The maximum absolute atomic E-state index is 5.52. The van der Waals surface area contributed by atoms with Crippen LogP contribution < -0.4 is 4.74 Å². The second kappa shape index (κ2) is 4.29. The number of fused-ring (bicyclic) bond motifs is 1. The zero-order valence-electron chi connectivity index (χ0n) is 7.61. The van der Waals surface area contributed by atoms with Gasteiger partial charge in [0.1, 0.15) is 12.4 Å². The molecule has 2 aromatic rings. The lowest BCUT2D eigenvalue weighted by molar-refractivity contribution is 0.342. The van der Waals surface area contributed by atoms with Crippen molar-refractivity contribution in [1.29, 1.82) is 0 Å². The number of halogens is 1. The summed E-state index contributed by atoms with van der Waals surface area (Å²) in [5.74, 6) is 1.26. The minimum atomic E-state index is 0.493. The van der Waals surface area contributed by atoms with Crippen molar-refractivity contribution < 1.29 is 4.74 Å². The Balaban J connectivity index is 2.32. The Morgan fingerprint density at radius 1 is 1.29 bits per heavy atom. The third kappa shape index (κ3) is 1.96. The van der Waals surface area contributed by atoms with Crippen LogP contribution in [-0.2, 0) is 0 Å². The third-order valence-corrected chi connectivity index (χ3v) is 2.07. The highest BCUT2D eigenvalue weighted by atomic mass is 35.5. The molecule has 72 valence electrons. The van der Waals surface area contributed by atoms with Crippen LogP contribution in [0.3, 0.4) is 0 Å². The molecule has 0 aliphatic heterocycles. The van der Waals surface area contributed by atoms with E-state index in [1.807, 2.05) is 30.3 Å². The fourth-order valence-electron chi connectivity index (χ4n) is 1.29. The number of alkyl halides is 1. The predicted molar refractivity (Wildman–Crippen MR) is 58.0 cm³/mol. The topological polar surface area (TPSA) is 22.1 Å². The van der Waals surface area contributed by atoms with Gasteiger partial charge in [-0.1, -0.05) is 18.2 Å². The molecule has 0 bridgehead atoms. The fourth-order valence-corrected chi connectivity index (χ4v) is 1.36. The van der Waals surface area contributed by atoms with Gasteiger partial charge in [0.15, 0.2) is 0 Å². The number of aromatic nitrogens is 1. The van der Waals surface area contributed by atoms with Crippen molar-refractivity contribution in [3.05, 3.63) is 36.5 Å². The van der Waals surface area contributed by atoms with Crippen molar-refractivity contribution in [1.82, 2.24) is 4.98 Å². The standard InChI is InChI=1S/C11H10ClNO/c12-5-6-14-10-7-9-3-1-2-4-11(9)13-8-10/h1-4,7-8H,5-6H2. The first-order valence-electron chi connectivity index (χ1n) is 4.44. The highest BCUT2D eigenvalue weighted by Gasteiger charge is 1.96. The second-order valence-corrected chi connectivity index (χ2v) is 3.28. The first-order valence-corrected chi connectivity index (χ1v) is 4.97. The minimum Gasteiger partial charge on any atom is -0.491 e. The SMILES string of the molecule is ClCCOc1cnc2ccccc2c1. The lowest BCUT2D eigenvalue weighted by Crippen LogP contribution is -1.98. The largest absolute Gasteiger partial charge is 0.491 e. The lowest BCUT2D eigenvalue weighted by atomic mass is 10.2. The smallest absolute Gasteiger partial charge is 0.138 e. The molecule has 0 aliphatic carbocycles. The summed E-state index contributed by atoms with van der Waals surface area (Å²) in [5.41, 5.74) is 0.978. The Kier molecular flexibility index (Phi) is 2.84. The van der Waals surface area contributed by atoms with E-state index < -0.39 is 0 Å². The van der Waals surface area contributed by atoms with Gasteiger partial charge in [-0.25, -0.2) is 0 Å². The van der Waals surface area contributed by atoms with Crippen molar-refractivity contribution in [2.45, 2.75) is 0 Å². The molecule has 0 aliphatic rings. The molecule has 1 aromatic heterocycles. The Morgan fingerprint density at radius 3 is 3.00 bits per heavy atom. The molecule has 1 heterocycles. The van der Waals surface area contributed by atoms with E-state index in [1.165, 1.54) is 0 Å². The highest BCUT2D eigenvalue weighted by molar-refractivity contribution is 6.18. The average Bonchev–Trinajstić information content (AvgIpc) is 2.26. The molecular formula is C11H10ClNO. The zero-order valence-corrected chi connectivity index (χ0v) is 8.37. The minimum absolute atomic E-state index is 0.493. The zero-order chi connectivity index (χ0) is 9.80. The molecule has 0 radical (unpaired) electrons. The van der Waals surface area contributed by atoms with Gasteiger partial charge in [-0.05, 0) is 12.1 Å². The number of para-hydroxylation sites is 1. The van der Waals surface area contributed by atoms with E-state index in [9.17, 15) is 0 Å². The predicted octanol–water partition coefficient (Wildman–Crippen LogP) is 2.85. The molecule has 0 spiro atoms. The van der Waals surface area contributed by atoms with E-state index in [4.69, 9.17) is 16.3 Å². The quantitative estimate of drug-likeness (QED) is 0.723. The van der Waals surface area contributed by atoms with Crippen LogP contribution >= 0.6 is 11.6 Å². The van der Waals surface area contributed by atoms with E-state index in [0.29, 0.717) is 12.5 Å². The summed E-state index contributed by atoms with van der Waals surface area (Å²) in [6.45, 7) is 0.515. The van der Waals surface area contributed by atoms with Crippen LogP contribution in [0, 0.1) is 0 Å². The molecule has 2 rings (SSSR count). The Labute approximate surface area is 87.5 Å². The summed E-state index contributed by atoms with van der Waals surface area (Å²) >= 11 is 5.52. The maximum Gasteiger partial charge on any atom is 0.138 e. The number of hydrogen-bond acceptors (Lipinski definition) is 2. The lowest BCUT2D eigenvalue weighted by Gasteiger charge is -2.04. The van der Waals surface area contributed by atoms with Crippen molar-refractivity contribution in [3.8, 4) is 5.75 Å². The summed E-state index contributed by atoms with van der Waals surface area (Å²) in [6, 6.07) is 9.90. The van der Waals surface area contributed by atoms with Crippen LogP contribution in [0.25, 0.3) is 10.9 Å². The number of hydrogen-bond donors (Lipinski definition) is 0. The normalized spacial score (nSPS) is 10.4. The second-order valence-electron chi connectivity index (χ2n) is 2.90. The van der Waals surface area contributed by atoms with Crippen LogP contribution in [0.4, 0.5) is 0 Å². The van der Waals surface area contributed by atoms with Crippen molar-refractivity contribution in [2.24, 2.45) is 0 Å². The monoisotopic (exact) mass is 207 g/mol. The maximum atomic E-state index is 5.52. The number of nitrogens with zero attached hydrogens (tertiary/aromatic N) is 1. The number of rotatable bonds is 3. The van der Waals surface area contributed by atoms with Gasteiger partial charge in [0, 0.05) is 5.39 Å². The van der Waals surface area contributed by atoms with E-state index in [0.717, 1.165) is 16.7 Å². The van der Waals surface area contributed by atoms with E-state index in [1.54, 1.807) is 6.20 Å². The molecule has 0 saturated carbocycles. The average molecular weight is 208 g/mol. The molecule has 0 unspecified atom stereocenters. The van der Waals surface area contributed by atoms with Crippen molar-refractivity contribution in [2.75, 3.05) is 12.5 Å². The Hall–Kier alpha value is -1.28. The Bertz CT molecular complexity index is 430. The summed E-state index contributed by atoms with van der Waals surface area (Å²) in [7, 11) is 0. The summed E-state index contributed by atoms with van der Waals surface area (Å²) in [5, 5.41) is 1.08. The summed E-state index contributed by atoms with van der Waals surface area (Å²) in [4.78, 5) is 4.27. The van der Waals surface area contributed by atoms with E-state index >= 15 is 0 Å². The molecule has 3 heteroatoms. The molecule has 0 atom stereocenters. The van der Waals surface area contributed by atoms with Crippen LogP contribution in [0.5, 0.6) is 5.75 Å². The summed E-state index contributed by atoms with van der Waals surface area (Å²) < 4.78 is 5.37. The molecule has 0 N–H and O–H groups in total. The van der Waals surface area contributed by atoms with E-state index in [-0.39, 0.29) is 0 Å². The fraction of sp³-hybridized carbons (Fsp3) is 0.182. The van der Waals surface area contributed by atoms with Gasteiger partial charge >= 0.3 is 0 Å². The first kappa shape index (κ1) is 9.28. The molecule has 1 aromatic carbocycles. The number of ether oxygens (including phenoxy) is 1. The van der Waals surface area contributed by atoms with Gasteiger partial charge < -0.3 is 4.74 Å². The molecule has 0 saturated heterocycles. The van der Waals surface area contributed by atoms with Gasteiger partial charge in [0.2, 0.25) is 0 Å². The van der Waals surface area contributed by atoms with Crippen LogP contribution in [0.2, 0.25) is 0 Å². The molecule has 0 amide bonds. The van der Waals surface area contributed by atoms with Crippen molar-refractivity contribution >= 4 is 22.5 Å². The highest BCUT2D eigenvalue weighted by Crippen LogP contribution is 2.17.